The molecule has 1 aromatic rings. The maximum Gasteiger partial charge on any atom is 0.239 e. The van der Waals surface area contributed by atoms with Crippen molar-refractivity contribution in [3.63, 3.8) is 0 Å². The van der Waals surface area contributed by atoms with Crippen LogP contribution in [0.3, 0.4) is 0 Å². The smallest absolute Gasteiger partial charge is 0.239 e. The standard InChI is InChI=1S/C23H34N4O4/c1-25-18(5-8-21(28)26-11-13-31-14-12-26)15-24-23(29)22-20(25)9-10-27(22)16-17-3-6-19(30-2)7-4-17/h3-4,6-7,18,20,22H,5,8-16H2,1-2H3,(H,24,29)/t18-,20-,22-/m0/s1. The van der Waals surface area contributed by atoms with Crippen LogP contribution in [-0.4, -0.2) is 98.2 Å². The largest absolute Gasteiger partial charge is 0.497 e. The number of hydrogen-bond donors (Lipinski definition) is 1. The highest BCUT2D eigenvalue weighted by Gasteiger charge is 2.44. The van der Waals surface area contributed by atoms with E-state index in [9.17, 15) is 9.59 Å². The van der Waals surface area contributed by atoms with Gasteiger partial charge in [0.2, 0.25) is 11.8 Å². The molecule has 1 N–H and O–H groups in total. The molecule has 2 amide bonds. The van der Waals surface area contributed by atoms with Gasteiger partial charge in [0.15, 0.2) is 0 Å². The summed E-state index contributed by atoms with van der Waals surface area (Å²) in [7, 11) is 3.77. The molecule has 3 atom stereocenters. The van der Waals surface area contributed by atoms with E-state index in [2.05, 4.69) is 34.3 Å². The maximum absolute atomic E-state index is 13.0. The number of morpholine rings is 1. The van der Waals surface area contributed by atoms with Gasteiger partial charge in [0, 0.05) is 51.2 Å². The number of carbonyl (C=O) groups excluding carboxylic acids is 2. The van der Waals surface area contributed by atoms with Crippen LogP contribution in [0.1, 0.15) is 24.8 Å². The highest BCUT2D eigenvalue weighted by atomic mass is 16.5. The third-order valence-electron chi connectivity index (χ3n) is 6.95. The Bertz CT molecular complexity index is 765. The topological polar surface area (TPSA) is 74.3 Å². The fourth-order valence-corrected chi connectivity index (χ4v) is 5.05. The average molecular weight is 431 g/mol. The van der Waals surface area contributed by atoms with Gasteiger partial charge < -0.3 is 19.7 Å². The van der Waals surface area contributed by atoms with Crippen molar-refractivity contribution < 1.29 is 19.1 Å². The number of carbonyl (C=O) groups is 2. The summed E-state index contributed by atoms with van der Waals surface area (Å²) >= 11 is 0. The van der Waals surface area contributed by atoms with Gasteiger partial charge in [-0.25, -0.2) is 0 Å². The van der Waals surface area contributed by atoms with E-state index in [0.29, 0.717) is 39.3 Å². The SMILES string of the molecule is COc1ccc(CN2CC[C@H]3[C@H]2C(=O)NC[C@H](CCC(=O)N2CCOCC2)N3C)cc1. The minimum Gasteiger partial charge on any atom is -0.497 e. The van der Waals surface area contributed by atoms with E-state index < -0.39 is 0 Å². The molecule has 4 rings (SSSR count). The zero-order valence-corrected chi connectivity index (χ0v) is 18.6. The van der Waals surface area contributed by atoms with E-state index in [0.717, 1.165) is 31.7 Å². The quantitative estimate of drug-likeness (QED) is 0.717. The van der Waals surface area contributed by atoms with Gasteiger partial charge in [0.25, 0.3) is 0 Å². The van der Waals surface area contributed by atoms with E-state index >= 15 is 0 Å². The number of ether oxygens (including phenoxy) is 2. The van der Waals surface area contributed by atoms with Crippen molar-refractivity contribution in [2.75, 3.05) is 53.6 Å². The average Bonchev–Trinajstić information content (AvgIpc) is 3.18. The molecule has 0 radical (unpaired) electrons. The minimum atomic E-state index is -0.160. The van der Waals surface area contributed by atoms with Gasteiger partial charge in [-0.2, -0.15) is 0 Å². The zero-order valence-electron chi connectivity index (χ0n) is 18.6. The second-order valence-electron chi connectivity index (χ2n) is 8.72. The number of likely N-dealkylation sites (N-methyl/N-ethyl adjacent to an activating group) is 1. The van der Waals surface area contributed by atoms with E-state index in [-0.39, 0.29) is 29.9 Å². The number of amides is 2. The predicted octanol–water partition coefficient (Wildman–Crippen LogP) is 0.707. The van der Waals surface area contributed by atoms with Crippen molar-refractivity contribution in [3.8, 4) is 5.75 Å². The van der Waals surface area contributed by atoms with Gasteiger partial charge in [-0.3, -0.25) is 19.4 Å². The summed E-state index contributed by atoms with van der Waals surface area (Å²) in [5, 5.41) is 3.15. The summed E-state index contributed by atoms with van der Waals surface area (Å²) in [6.45, 7) is 4.83. The first-order valence-corrected chi connectivity index (χ1v) is 11.3. The lowest BCUT2D eigenvalue weighted by Gasteiger charge is -2.33. The Kier molecular flexibility index (Phi) is 7.09. The molecule has 3 saturated heterocycles. The van der Waals surface area contributed by atoms with Gasteiger partial charge >= 0.3 is 0 Å². The van der Waals surface area contributed by atoms with E-state index in [4.69, 9.17) is 9.47 Å². The lowest BCUT2D eigenvalue weighted by Crippen LogP contribution is -2.49. The summed E-state index contributed by atoms with van der Waals surface area (Å²) in [6, 6.07) is 8.23. The van der Waals surface area contributed by atoms with Crippen LogP contribution in [0, 0.1) is 0 Å². The van der Waals surface area contributed by atoms with Gasteiger partial charge in [-0.15, -0.1) is 0 Å². The van der Waals surface area contributed by atoms with Crippen molar-refractivity contribution in [1.29, 1.82) is 0 Å². The third-order valence-corrected chi connectivity index (χ3v) is 6.95. The number of nitrogens with one attached hydrogen (secondary N) is 1. The predicted molar refractivity (Wildman–Crippen MR) is 117 cm³/mol. The normalized spacial score (nSPS) is 27.5. The summed E-state index contributed by atoms with van der Waals surface area (Å²) in [6.07, 6.45) is 2.23. The number of rotatable bonds is 6. The Morgan fingerprint density at radius 1 is 1.19 bits per heavy atom. The van der Waals surface area contributed by atoms with E-state index in [1.54, 1.807) is 7.11 Å². The molecular weight excluding hydrogens is 396 g/mol. The molecule has 3 fully saturated rings. The van der Waals surface area contributed by atoms with Crippen LogP contribution in [0.2, 0.25) is 0 Å². The number of nitrogens with zero attached hydrogens (tertiary/aromatic N) is 3. The fraction of sp³-hybridized carbons (Fsp3) is 0.652. The number of benzene rings is 1. The Morgan fingerprint density at radius 2 is 1.94 bits per heavy atom. The summed E-state index contributed by atoms with van der Waals surface area (Å²) < 4.78 is 10.6. The Hall–Kier alpha value is -2.16. The maximum atomic E-state index is 13.0. The molecule has 3 heterocycles. The molecule has 3 aliphatic heterocycles. The van der Waals surface area contributed by atoms with Crippen LogP contribution in [0.5, 0.6) is 5.75 Å². The van der Waals surface area contributed by atoms with Crippen molar-refractivity contribution >= 4 is 11.8 Å². The molecule has 0 spiro atoms. The molecule has 0 aromatic heterocycles. The van der Waals surface area contributed by atoms with E-state index in [1.165, 1.54) is 5.56 Å². The first-order valence-electron chi connectivity index (χ1n) is 11.3. The molecule has 0 saturated carbocycles. The summed E-state index contributed by atoms with van der Waals surface area (Å²) in [5.41, 5.74) is 1.17. The summed E-state index contributed by atoms with van der Waals surface area (Å²) in [4.78, 5) is 32.1. The second kappa shape index (κ2) is 9.97. The van der Waals surface area contributed by atoms with E-state index in [1.807, 2.05) is 17.0 Å². The van der Waals surface area contributed by atoms with Crippen LogP contribution in [0.25, 0.3) is 0 Å². The Labute approximate surface area is 184 Å². The molecule has 0 unspecified atom stereocenters. The van der Waals surface area contributed by atoms with Crippen LogP contribution in [0.15, 0.2) is 24.3 Å². The molecule has 0 aliphatic carbocycles. The van der Waals surface area contributed by atoms with Crippen molar-refractivity contribution in [2.24, 2.45) is 0 Å². The Balaban J connectivity index is 1.37. The molecule has 0 bridgehead atoms. The fourth-order valence-electron chi connectivity index (χ4n) is 5.05. The number of methoxy groups -OCH3 is 1. The van der Waals surface area contributed by atoms with Gasteiger partial charge in [-0.1, -0.05) is 12.1 Å². The highest BCUT2D eigenvalue weighted by molar-refractivity contribution is 5.83. The molecule has 31 heavy (non-hydrogen) atoms. The summed E-state index contributed by atoms with van der Waals surface area (Å²) in [5.74, 6) is 1.13. The third kappa shape index (κ3) is 5.02. The van der Waals surface area contributed by atoms with Gasteiger partial charge in [0.1, 0.15) is 11.8 Å². The minimum absolute atomic E-state index is 0.102. The van der Waals surface area contributed by atoms with Crippen LogP contribution in [0.4, 0.5) is 0 Å². The van der Waals surface area contributed by atoms with Crippen LogP contribution >= 0.6 is 0 Å². The lowest BCUT2D eigenvalue weighted by molar-refractivity contribution is -0.135. The number of hydrogen-bond acceptors (Lipinski definition) is 6. The van der Waals surface area contributed by atoms with Crippen molar-refractivity contribution in [1.82, 2.24) is 20.0 Å². The van der Waals surface area contributed by atoms with Crippen LogP contribution < -0.4 is 10.1 Å². The molecular formula is C23H34N4O4. The van der Waals surface area contributed by atoms with Gasteiger partial charge in [-0.05, 0) is 37.6 Å². The molecule has 170 valence electrons. The van der Waals surface area contributed by atoms with Crippen LogP contribution in [-0.2, 0) is 20.9 Å². The Morgan fingerprint density at radius 3 is 2.65 bits per heavy atom. The molecule has 8 nitrogen and oxygen atoms in total. The van der Waals surface area contributed by atoms with Crippen molar-refractivity contribution in [3.05, 3.63) is 29.8 Å². The first-order chi connectivity index (χ1) is 15.1. The number of likely N-dealkylation sites (tertiary alicyclic amines) is 1. The van der Waals surface area contributed by atoms with Gasteiger partial charge in [0.05, 0.1) is 20.3 Å². The second-order valence-corrected chi connectivity index (χ2v) is 8.72. The number of fused-ring (bicyclic) bond motifs is 1. The highest BCUT2D eigenvalue weighted by Crippen LogP contribution is 2.29. The lowest BCUT2D eigenvalue weighted by atomic mass is 10.0. The van der Waals surface area contributed by atoms with Crippen molar-refractivity contribution in [2.45, 2.75) is 43.9 Å². The monoisotopic (exact) mass is 430 g/mol. The zero-order chi connectivity index (χ0) is 21.8. The molecule has 1 aromatic carbocycles. The first kappa shape index (κ1) is 22.0. The molecule has 3 aliphatic rings. The molecule has 8 heteroatoms.